The van der Waals surface area contributed by atoms with Crippen molar-refractivity contribution in [1.29, 1.82) is 0 Å². The van der Waals surface area contributed by atoms with Crippen LogP contribution in [0.3, 0.4) is 0 Å². The van der Waals surface area contributed by atoms with Gasteiger partial charge in [0.2, 0.25) is 0 Å². The summed E-state index contributed by atoms with van der Waals surface area (Å²) in [5.74, 6) is 0. The maximum absolute atomic E-state index is 5.01. The van der Waals surface area contributed by atoms with E-state index in [1.807, 2.05) is 6.08 Å². The molecule has 1 atom stereocenters. The minimum Gasteiger partial charge on any atom is -0.497 e. The van der Waals surface area contributed by atoms with Gasteiger partial charge in [0.15, 0.2) is 0 Å². The molecule has 0 bridgehead atoms. The Labute approximate surface area is 61.1 Å². The zero-order valence-corrected chi connectivity index (χ0v) is 5.95. The lowest BCUT2D eigenvalue weighted by atomic mass is 10.3. The van der Waals surface area contributed by atoms with Gasteiger partial charge >= 0.3 is 0 Å². The van der Waals surface area contributed by atoms with Crippen molar-refractivity contribution in [2.75, 3.05) is 13.2 Å². The van der Waals surface area contributed by atoms with Crippen molar-refractivity contribution in [3.63, 3.8) is 0 Å². The van der Waals surface area contributed by atoms with Crippen LogP contribution in [-0.2, 0) is 9.47 Å². The van der Waals surface area contributed by atoms with Crippen LogP contribution in [0.1, 0.15) is 6.42 Å². The van der Waals surface area contributed by atoms with Crippen molar-refractivity contribution in [2.45, 2.75) is 12.5 Å². The van der Waals surface area contributed by atoms with Gasteiger partial charge in [-0.1, -0.05) is 12.7 Å². The summed E-state index contributed by atoms with van der Waals surface area (Å²) in [7, 11) is 0. The van der Waals surface area contributed by atoms with Crippen molar-refractivity contribution in [2.24, 2.45) is 0 Å². The monoisotopic (exact) mass is 140 g/mol. The molecular weight excluding hydrogens is 128 g/mol. The first kappa shape index (κ1) is 7.35. The van der Waals surface area contributed by atoms with Gasteiger partial charge in [0.1, 0.15) is 6.61 Å². The fraction of sp³-hybridized carbons (Fsp3) is 0.500. The highest BCUT2D eigenvalue weighted by Gasteiger charge is 2.19. The highest BCUT2D eigenvalue weighted by atomic mass is 16.6. The van der Waals surface area contributed by atoms with Crippen LogP contribution < -0.4 is 0 Å². The molecule has 0 aromatic carbocycles. The molecule has 1 heterocycles. The van der Waals surface area contributed by atoms with E-state index in [0.717, 1.165) is 13.0 Å². The quantitative estimate of drug-likeness (QED) is 0.250. The third-order valence-corrected chi connectivity index (χ3v) is 1.21. The Morgan fingerprint density at radius 3 is 3.10 bits per heavy atom. The first-order valence-electron chi connectivity index (χ1n) is 3.42. The second kappa shape index (κ2) is 4.12. The van der Waals surface area contributed by atoms with Crippen LogP contribution in [0.4, 0.5) is 0 Å². The number of ether oxygens (including phenoxy) is 2. The van der Waals surface area contributed by atoms with E-state index in [-0.39, 0.29) is 0 Å². The third-order valence-electron chi connectivity index (χ3n) is 1.21. The number of hydrogen-bond acceptors (Lipinski definition) is 2. The molecule has 0 N–H and O–H groups in total. The molecule has 2 heteroatoms. The van der Waals surface area contributed by atoms with Gasteiger partial charge in [-0.25, -0.2) is 0 Å². The molecule has 1 rings (SSSR count). The maximum Gasteiger partial charge on any atom is 0.105 e. The molecule has 0 aliphatic carbocycles. The van der Waals surface area contributed by atoms with Gasteiger partial charge in [0, 0.05) is 0 Å². The Morgan fingerprint density at radius 2 is 2.50 bits per heavy atom. The van der Waals surface area contributed by atoms with Gasteiger partial charge in [-0.3, -0.25) is 0 Å². The molecular formula is C8H12O2. The molecule has 1 aliphatic rings. The summed E-state index contributed by atoms with van der Waals surface area (Å²) in [6, 6.07) is 0. The van der Waals surface area contributed by atoms with Crippen LogP contribution in [0.5, 0.6) is 0 Å². The molecule has 0 aromatic rings. The van der Waals surface area contributed by atoms with E-state index >= 15 is 0 Å². The molecule has 0 spiro atoms. The summed E-state index contributed by atoms with van der Waals surface area (Å²) >= 11 is 0. The number of rotatable bonds is 5. The van der Waals surface area contributed by atoms with Gasteiger partial charge in [-0.2, -0.15) is 0 Å². The van der Waals surface area contributed by atoms with Crippen LogP contribution >= 0.6 is 0 Å². The zero-order valence-electron chi connectivity index (χ0n) is 5.95. The highest BCUT2D eigenvalue weighted by Crippen LogP contribution is 2.13. The SMILES string of the molecule is C=CCOC=CCC1CO1. The van der Waals surface area contributed by atoms with E-state index in [1.54, 1.807) is 12.3 Å². The van der Waals surface area contributed by atoms with Crippen molar-refractivity contribution in [3.05, 3.63) is 25.0 Å². The molecule has 56 valence electrons. The number of epoxide rings is 1. The molecule has 0 saturated carbocycles. The molecule has 1 aliphatic heterocycles. The lowest BCUT2D eigenvalue weighted by Crippen LogP contribution is -1.82. The molecule has 1 fully saturated rings. The predicted molar refractivity (Wildman–Crippen MR) is 39.6 cm³/mol. The maximum atomic E-state index is 5.01. The lowest BCUT2D eigenvalue weighted by Gasteiger charge is -1.91. The van der Waals surface area contributed by atoms with Crippen LogP contribution in [0.15, 0.2) is 25.0 Å². The highest BCUT2D eigenvalue weighted by molar-refractivity contribution is 4.83. The van der Waals surface area contributed by atoms with Crippen LogP contribution in [-0.4, -0.2) is 19.3 Å². The Morgan fingerprint density at radius 1 is 1.70 bits per heavy atom. The molecule has 2 nitrogen and oxygen atoms in total. The van der Waals surface area contributed by atoms with Gasteiger partial charge in [-0.15, -0.1) is 0 Å². The minimum absolute atomic E-state index is 0.462. The van der Waals surface area contributed by atoms with Crippen molar-refractivity contribution >= 4 is 0 Å². The van der Waals surface area contributed by atoms with Crippen LogP contribution in [0, 0.1) is 0 Å². The summed E-state index contributed by atoms with van der Waals surface area (Å²) in [5, 5.41) is 0. The second-order valence-electron chi connectivity index (χ2n) is 2.18. The largest absolute Gasteiger partial charge is 0.497 e. The van der Waals surface area contributed by atoms with E-state index in [0.29, 0.717) is 12.7 Å². The van der Waals surface area contributed by atoms with Gasteiger partial charge in [0.25, 0.3) is 0 Å². The van der Waals surface area contributed by atoms with E-state index in [4.69, 9.17) is 9.47 Å². The van der Waals surface area contributed by atoms with Crippen molar-refractivity contribution in [3.8, 4) is 0 Å². The molecule has 10 heavy (non-hydrogen) atoms. The Bertz CT molecular complexity index is 125. The Balaban J connectivity index is 1.88. The van der Waals surface area contributed by atoms with Crippen LogP contribution in [0.25, 0.3) is 0 Å². The van der Waals surface area contributed by atoms with Crippen molar-refractivity contribution < 1.29 is 9.47 Å². The van der Waals surface area contributed by atoms with E-state index in [2.05, 4.69) is 6.58 Å². The summed E-state index contributed by atoms with van der Waals surface area (Å²) in [4.78, 5) is 0. The van der Waals surface area contributed by atoms with Gasteiger partial charge in [-0.05, 0) is 12.5 Å². The third kappa shape index (κ3) is 3.30. The summed E-state index contributed by atoms with van der Waals surface area (Å²) in [6.07, 6.45) is 6.82. The average Bonchev–Trinajstić information content (AvgIpc) is 2.71. The molecule has 1 saturated heterocycles. The van der Waals surface area contributed by atoms with E-state index in [9.17, 15) is 0 Å². The smallest absolute Gasteiger partial charge is 0.105 e. The first-order chi connectivity index (χ1) is 4.93. The minimum atomic E-state index is 0.462. The van der Waals surface area contributed by atoms with Crippen LogP contribution in [0.2, 0.25) is 0 Å². The number of hydrogen-bond donors (Lipinski definition) is 0. The van der Waals surface area contributed by atoms with E-state index < -0.39 is 0 Å². The fourth-order valence-electron chi connectivity index (χ4n) is 0.603. The predicted octanol–water partition coefficient (Wildman–Crippen LogP) is 1.49. The topological polar surface area (TPSA) is 21.8 Å². The summed E-state index contributed by atoms with van der Waals surface area (Å²) < 4.78 is 9.99. The van der Waals surface area contributed by atoms with Crippen molar-refractivity contribution in [1.82, 2.24) is 0 Å². The fourth-order valence-corrected chi connectivity index (χ4v) is 0.603. The Hall–Kier alpha value is -0.760. The van der Waals surface area contributed by atoms with E-state index in [1.165, 1.54) is 0 Å². The molecule has 0 aromatic heterocycles. The lowest BCUT2D eigenvalue weighted by molar-refractivity contribution is 0.288. The van der Waals surface area contributed by atoms with Gasteiger partial charge in [0.05, 0.1) is 19.0 Å². The first-order valence-corrected chi connectivity index (χ1v) is 3.42. The summed E-state index contributed by atoms with van der Waals surface area (Å²) in [6.45, 7) is 5.02. The molecule has 0 radical (unpaired) electrons. The average molecular weight is 140 g/mol. The zero-order chi connectivity index (χ0) is 7.23. The van der Waals surface area contributed by atoms with Gasteiger partial charge < -0.3 is 9.47 Å². The normalized spacial score (nSPS) is 23.0. The second-order valence-corrected chi connectivity index (χ2v) is 2.18. The molecule has 1 unspecified atom stereocenters. The standard InChI is InChI=1S/C8H12O2/c1-2-5-9-6-3-4-8-7-10-8/h2-3,6,8H,1,4-5,7H2. The summed E-state index contributed by atoms with van der Waals surface area (Å²) in [5.41, 5.74) is 0. The Kier molecular flexibility index (Phi) is 3.03. The molecule has 0 amide bonds.